The van der Waals surface area contributed by atoms with Crippen molar-refractivity contribution in [3.63, 3.8) is 0 Å². The third-order valence-electron chi connectivity index (χ3n) is 2.66. The Kier molecular flexibility index (Phi) is 4.13. The second kappa shape index (κ2) is 5.64. The van der Waals surface area contributed by atoms with Crippen LogP contribution >= 0.6 is 11.7 Å². The largest absolute Gasteiger partial charge is 0.416 e. The molecule has 0 aliphatic carbocycles. The lowest BCUT2D eigenvalue weighted by molar-refractivity contribution is -0.137. The van der Waals surface area contributed by atoms with Gasteiger partial charge in [0.15, 0.2) is 0 Å². The number of halogens is 3. The van der Waals surface area contributed by atoms with Gasteiger partial charge in [-0.25, -0.2) is 0 Å². The van der Waals surface area contributed by atoms with Crippen molar-refractivity contribution < 1.29 is 13.2 Å². The number of nitrogens with two attached hydrogens (primary N) is 1. The summed E-state index contributed by atoms with van der Waals surface area (Å²) in [6.07, 6.45) is -2.29. The molecule has 0 spiro atoms. The summed E-state index contributed by atoms with van der Waals surface area (Å²) in [6.45, 7) is 0. The molecule has 0 bridgehead atoms. The van der Waals surface area contributed by atoms with Crippen LogP contribution in [0.25, 0.3) is 0 Å². The van der Waals surface area contributed by atoms with Gasteiger partial charge >= 0.3 is 6.18 Å². The molecule has 1 aromatic heterocycles. The second-order valence-corrected chi connectivity index (χ2v) is 4.51. The van der Waals surface area contributed by atoms with Crippen LogP contribution in [-0.2, 0) is 12.6 Å². The molecule has 8 heteroatoms. The van der Waals surface area contributed by atoms with Crippen molar-refractivity contribution in [1.82, 2.24) is 14.2 Å². The zero-order valence-electron chi connectivity index (χ0n) is 9.69. The van der Waals surface area contributed by atoms with Crippen LogP contribution in [0, 0.1) is 0 Å². The number of benzene rings is 1. The Labute approximate surface area is 111 Å². The molecular weight excluding hydrogens is 277 g/mol. The van der Waals surface area contributed by atoms with E-state index >= 15 is 0 Å². The van der Waals surface area contributed by atoms with Gasteiger partial charge in [-0.2, -0.15) is 21.9 Å². The summed E-state index contributed by atoms with van der Waals surface area (Å²) in [5.74, 6) is 5.42. The lowest BCUT2D eigenvalue weighted by atomic mass is 10.0. The molecule has 102 valence electrons. The van der Waals surface area contributed by atoms with Crippen LogP contribution in [-0.4, -0.2) is 8.75 Å². The molecule has 2 rings (SSSR count). The number of aromatic nitrogens is 2. The van der Waals surface area contributed by atoms with Crippen LogP contribution in [0.5, 0.6) is 0 Å². The Morgan fingerprint density at radius 2 is 1.95 bits per heavy atom. The van der Waals surface area contributed by atoms with E-state index in [1.807, 2.05) is 0 Å². The number of rotatable bonds is 4. The van der Waals surface area contributed by atoms with Gasteiger partial charge < -0.3 is 0 Å². The summed E-state index contributed by atoms with van der Waals surface area (Å²) in [6, 6.07) is 4.72. The first-order valence-electron chi connectivity index (χ1n) is 5.40. The van der Waals surface area contributed by atoms with Crippen LogP contribution in [0.2, 0.25) is 0 Å². The number of hydrogen-bond acceptors (Lipinski definition) is 5. The molecule has 19 heavy (non-hydrogen) atoms. The van der Waals surface area contributed by atoms with Crippen LogP contribution in [0.1, 0.15) is 22.9 Å². The Hall–Kier alpha value is -1.51. The van der Waals surface area contributed by atoms with Crippen LogP contribution in [0.15, 0.2) is 30.5 Å². The summed E-state index contributed by atoms with van der Waals surface area (Å²) in [4.78, 5) is 0. The number of hydrogen-bond donors (Lipinski definition) is 2. The van der Waals surface area contributed by atoms with Gasteiger partial charge in [0.05, 0.1) is 35.2 Å². The van der Waals surface area contributed by atoms with Gasteiger partial charge in [0.25, 0.3) is 0 Å². The molecule has 0 fully saturated rings. The zero-order valence-corrected chi connectivity index (χ0v) is 10.5. The van der Waals surface area contributed by atoms with Gasteiger partial charge in [0.2, 0.25) is 0 Å². The Morgan fingerprint density at radius 1 is 1.26 bits per heavy atom. The summed E-state index contributed by atoms with van der Waals surface area (Å²) in [5, 5.41) is 0. The first-order valence-corrected chi connectivity index (χ1v) is 6.13. The van der Waals surface area contributed by atoms with Crippen LogP contribution in [0.3, 0.4) is 0 Å². The molecule has 0 aliphatic rings. The molecule has 1 unspecified atom stereocenters. The van der Waals surface area contributed by atoms with Crippen molar-refractivity contribution in [2.24, 2.45) is 5.84 Å². The molecule has 2 aromatic rings. The second-order valence-electron chi connectivity index (χ2n) is 3.95. The van der Waals surface area contributed by atoms with E-state index in [2.05, 4.69) is 14.2 Å². The predicted octanol–water partition coefficient (Wildman–Crippen LogP) is 2.30. The molecule has 1 aromatic carbocycles. The van der Waals surface area contributed by atoms with Crippen LogP contribution in [0.4, 0.5) is 13.2 Å². The van der Waals surface area contributed by atoms with Crippen molar-refractivity contribution in [3.05, 3.63) is 47.3 Å². The molecular formula is C11H11F3N4S. The quantitative estimate of drug-likeness (QED) is 0.669. The van der Waals surface area contributed by atoms with Gasteiger partial charge in [-0.05, 0) is 24.1 Å². The van der Waals surface area contributed by atoms with Crippen LogP contribution < -0.4 is 11.3 Å². The summed E-state index contributed by atoms with van der Waals surface area (Å²) >= 11 is 1.06. The van der Waals surface area contributed by atoms with Gasteiger partial charge in [0.1, 0.15) is 0 Å². The highest BCUT2D eigenvalue weighted by molar-refractivity contribution is 6.99. The van der Waals surface area contributed by atoms with E-state index in [9.17, 15) is 13.2 Å². The Bertz CT molecular complexity index is 510. The molecule has 4 nitrogen and oxygen atoms in total. The maximum Gasteiger partial charge on any atom is 0.416 e. The molecule has 0 saturated carbocycles. The van der Waals surface area contributed by atoms with Crippen molar-refractivity contribution in [2.75, 3.05) is 0 Å². The minimum atomic E-state index is -4.32. The molecule has 1 atom stereocenters. The highest BCUT2D eigenvalue weighted by Gasteiger charge is 2.30. The molecule has 0 radical (unpaired) electrons. The summed E-state index contributed by atoms with van der Waals surface area (Å²) in [5.41, 5.74) is 3.33. The third-order valence-corrected chi connectivity index (χ3v) is 3.15. The van der Waals surface area contributed by atoms with E-state index in [4.69, 9.17) is 5.84 Å². The fourth-order valence-electron chi connectivity index (χ4n) is 1.64. The SMILES string of the molecule is NNC(Cc1ccc(C(F)(F)F)cc1)c1cnsn1. The number of hydrazine groups is 1. The smallest absolute Gasteiger partial charge is 0.271 e. The zero-order chi connectivity index (χ0) is 13.9. The highest BCUT2D eigenvalue weighted by Crippen LogP contribution is 2.29. The lowest BCUT2D eigenvalue weighted by Crippen LogP contribution is -2.29. The monoisotopic (exact) mass is 288 g/mol. The molecule has 0 amide bonds. The number of alkyl halides is 3. The van der Waals surface area contributed by atoms with E-state index in [1.54, 1.807) is 6.20 Å². The van der Waals surface area contributed by atoms with Gasteiger partial charge in [-0.15, -0.1) is 0 Å². The predicted molar refractivity (Wildman–Crippen MR) is 65.1 cm³/mol. The van der Waals surface area contributed by atoms with Crippen molar-refractivity contribution >= 4 is 11.7 Å². The van der Waals surface area contributed by atoms with Gasteiger partial charge in [-0.3, -0.25) is 11.3 Å². The van der Waals surface area contributed by atoms with Gasteiger partial charge in [0, 0.05) is 0 Å². The summed E-state index contributed by atoms with van der Waals surface area (Å²) < 4.78 is 45.2. The minimum Gasteiger partial charge on any atom is -0.271 e. The number of nitrogens with zero attached hydrogens (tertiary/aromatic N) is 2. The highest BCUT2D eigenvalue weighted by atomic mass is 32.1. The fraction of sp³-hybridized carbons (Fsp3) is 0.273. The normalized spacial score (nSPS) is 13.5. The van der Waals surface area contributed by atoms with Crippen molar-refractivity contribution in [1.29, 1.82) is 0 Å². The maximum atomic E-state index is 12.4. The number of nitrogens with one attached hydrogen (secondary N) is 1. The maximum absolute atomic E-state index is 12.4. The van der Waals surface area contributed by atoms with E-state index in [0.717, 1.165) is 29.4 Å². The van der Waals surface area contributed by atoms with Gasteiger partial charge in [-0.1, -0.05) is 12.1 Å². The Morgan fingerprint density at radius 3 is 2.42 bits per heavy atom. The van der Waals surface area contributed by atoms with E-state index in [-0.39, 0.29) is 6.04 Å². The molecule has 3 N–H and O–H groups in total. The summed E-state index contributed by atoms with van der Waals surface area (Å²) in [7, 11) is 0. The topological polar surface area (TPSA) is 63.8 Å². The first kappa shape index (κ1) is 13.9. The molecule has 0 saturated heterocycles. The minimum absolute atomic E-state index is 0.268. The average molecular weight is 288 g/mol. The average Bonchev–Trinajstić information content (AvgIpc) is 2.89. The van der Waals surface area contributed by atoms with E-state index in [0.29, 0.717) is 12.1 Å². The van der Waals surface area contributed by atoms with Crippen molar-refractivity contribution in [3.8, 4) is 0 Å². The molecule has 1 heterocycles. The first-order chi connectivity index (χ1) is 9.00. The standard InChI is InChI=1S/C11H11F3N4S/c12-11(13,14)8-3-1-7(2-4-8)5-9(17-15)10-6-16-19-18-10/h1-4,6,9,17H,5,15H2. The third kappa shape index (κ3) is 3.49. The van der Waals surface area contributed by atoms with Crippen molar-refractivity contribution in [2.45, 2.75) is 18.6 Å². The Balaban J connectivity index is 2.11. The fourth-order valence-corrected chi connectivity index (χ4v) is 2.11. The van der Waals surface area contributed by atoms with E-state index < -0.39 is 11.7 Å². The molecule has 0 aliphatic heterocycles. The lowest BCUT2D eigenvalue weighted by Gasteiger charge is -2.13. The van der Waals surface area contributed by atoms with E-state index in [1.165, 1.54) is 12.1 Å².